The van der Waals surface area contributed by atoms with E-state index in [0.29, 0.717) is 0 Å². The fraction of sp³-hybridized carbons (Fsp3) is 0.125. The Kier molecular flexibility index (Phi) is 3.51. The molecule has 0 amide bonds. The van der Waals surface area contributed by atoms with E-state index in [1.807, 2.05) is 6.07 Å². The van der Waals surface area contributed by atoms with Gasteiger partial charge in [-0.1, -0.05) is 5.21 Å². The number of aromatic nitrogens is 3. The van der Waals surface area contributed by atoms with Crippen LogP contribution < -0.4 is 5.73 Å². The number of rotatable bonds is 0. The fourth-order valence-electron chi connectivity index (χ4n) is 0.863. The van der Waals surface area contributed by atoms with Gasteiger partial charge in [0.2, 0.25) is 0 Å². The lowest BCUT2D eigenvalue weighted by Crippen LogP contribution is -2.21. The third-order valence-corrected chi connectivity index (χ3v) is 1.59. The van der Waals surface area contributed by atoms with Crippen LogP contribution in [0.3, 0.4) is 0 Å². The first-order chi connectivity index (χ1) is 7.80. The molecule has 0 atom stereocenters. The summed E-state index contributed by atoms with van der Waals surface area (Å²) in [6.45, 7) is 0. The molecule has 1 aromatic heterocycles. The predicted molar refractivity (Wildman–Crippen MR) is 52.0 cm³/mol. The summed E-state index contributed by atoms with van der Waals surface area (Å²) in [4.78, 5) is 8.90. The van der Waals surface area contributed by atoms with E-state index in [9.17, 15) is 13.2 Å². The number of nitrogens with one attached hydrogen (secondary N) is 1. The van der Waals surface area contributed by atoms with Crippen molar-refractivity contribution in [2.75, 3.05) is 5.73 Å². The van der Waals surface area contributed by atoms with Crippen molar-refractivity contribution in [2.24, 2.45) is 0 Å². The summed E-state index contributed by atoms with van der Waals surface area (Å²) in [7, 11) is 0. The van der Waals surface area contributed by atoms with Crippen LogP contribution in [0.25, 0.3) is 11.0 Å². The monoisotopic (exact) mass is 248 g/mol. The summed E-state index contributed by atoms with van der Waals surface area (Å²) >= 11 is 0. The summed E-state index contributed by atoms with van der Waals surface area (Å²) in [5.74, 6) is -2.76. The van der Waals surface area contributed by atoms with Crippen molar-refractivity contribution in [3.05, 3.63) is 18.2 Å². The molecule has 4 N–H and O–H groups in total. The molecule has 17 heavy (non-hydrogen) atoms. The van der Waals surface area contributed by atoms with Crippen molar-refractivity contribution in [1.82, 2.24) is 15.4 Å². The first-order valence-electron chi connectivity index (χ1n) is 4.17. The second-order valence-corrected chi connectivity index (χ2v) is 2.89. The molecule has 92 valence electrons. The average molecular weight is 248 g/mol. The highest BCUT2D eigenvalue weighted by Gasteiger charge is 2.38. The minimum Gasteiger partial charge on any atom is -0.475 e. The highest BCUT2D eigenvalue weighted by molar-refractivity contribution is 5.77. The second kappa shape index (κ2) is 4.68. The molecule has 1 aromatic carbocycles. The quantitative estimate of drug-likeness (QED) is 0.607. The Hall–Kier alpha value is -2.32. The zero-order valence-corrected chi connectivity index (χ0v) is 8.19. The van der Waals surface area contributed by atoms with E-state index in [4.69, 9.17) is 15.6 Å². The van der Waals surface area contributed by atoms with Gasteiger partial charge in [-0.2, -0.15) is 13.2 Å². The molecule has 0 spiro atoms. The summed E-state index contributed by atoms with van der Waals surface area (Å²) in [5, 5.41) is 17.3. The second-order valence-electron chi connectivity index (χ2n) is 2.89. The molecule has 0 saturated carbocycles. The largest absolute Gasteiger partial charge is 0.490 e. The number of alkyl halides is 3. The number of hydrogen-bond donors (Lipinski definition) is 3. The van der Waals surface area contributed by atoms with E-state index < -0.39 is 12.1 Å². The number of hydrogen-bond acceptors (Lipinski definition) is 4. The number of nitrogens with two attached hydrogens (primary N) is 1. The van der Waals surface area contributed by atoms with Gasteiger partial charge in [0, 0.05) is 5.69 Å². The van der Waals surface area contributed by atoms with Gasteiger partial charge in [-0.05, 0) is 18.2 Å². The summed E-state index contributed by atoms with van der Waals surface area (Å²) in [5.41, 5.74) is 7.95. The average Bonchev–Trinajstić information content (AvgIpc) is 2.63. The third-order valence-electron chi connectivity index (χ3n) is 1.59. The Morgan fingerprint density at radius 3 is 2.53 bits per heavy atom. The predicted octanol–water partition coefficient (Wildman–Crippen LogP) is 1.17. The van der Waals surface area contributed by atoms with Crippen molar-refractivity contribution in [1.29, 1.82) is 0 Å². The number of fused-ring (bicyclic) bond motifs is 1. The van der Waals surface area contributed by atoms with Crippen molar-refractivity contribution in [3.63, 3.8) is 0 Å². The van der Waals surface area contributed by atoms with E-state index >= 15 is 0 Å². The Bertz CT molecular complexity index is 523. The van der Waals surface area contributed by atoms with Crippen molar-refractivity contribution >= 4 is 22.7 Å². The minimum atomic E-state index is -5.08. The van der Waals surface area contributed by atoms with Crippen molar-refractivity contribution in [3.8, 4) is 0 Å². The van der Waals surface area contributed by atoms with Gasteiger partial charge in [-0.25, -0.2) is 4.79 Å². The Morgan fingerprint density at radius 2 is 2.00 bits per heavy atom. The molecule has 2 aromatic rings. The topological polar surface area (TPSA) is 105 Å². The van der Waals surface area contributed by atoms with Crippen LogP contribution in [0, 0.1) is 0 Å². The van der Waals surface area contributed by atoms with E-state index in [2.05, 4.69) is 15.4 Å². The van der Waals surface area contributed by atoms with Gasteiger partial charge in [0.1, 0.15) is 5.52 Å². The SMILES string of the molecule is Nc1ccc2nn[nH]c2c1.O=C(O)C(F)(F)F. The van der Waals surface area contributed by atoms with Gasteiger partial charge in [0.15, 0.2) is 0 Å². The molecule has 9 heteroatoms. The number of nitrogen functional groups attached to an aromatic ring is 1. The van der Waals surface area contributed by atoms with Crippen LogP contribution in [-0.4, -0.2) is 32.7 Å². The zero-order valence-electron chi connectivity index (χ0n) is 8.19. The number of carbonyl (C=O) groups is 1. The number of carboxylic acid groups (broad SMARTS) is 1. The molecule has 0 saturated heterocycles. The lowest BCUT2D eigenvalue weighted by Gasteiger charge is -1.93. The number of benzene rings is 1. The molecule has 1 heterocycles. The van der Waals surface area contributed by atoms with Gasteiger partial charge in [0.05, 0.1) is 5.52 Å². The lowest BCUT2D eigenvalue weighted by atomic mass is 10.3. The van der Waals surface area contributed by atoms with Gasteiger partial charge >= 0.3 is 12.1 Å². The van der Waals surface area contributed by atoms with Crippen LogP contribution in [0.5, 0.6) is 0 Å². The zero-order chi connectivity index (χ0) is 13.1. The Balaban J connectivity index is 0.000000185. The number of aliphatic carboxylic acids is 1. The van der Waals surface area contributed by atoms with Crippen LogP contribution in [-0.2, 0) is 4.79 Å². The van der Waals surface area contributed by atoms with Gasteiger partial charge in [-0.15, -0.1) is 5.10 Å². The molecule has 6 nitrogen and oxygen atoms in total. The summed E-state index contributed by atoms with van der Waals surface area (Å²) in [6.07, 6.45) is -5.08. The Labute approximate surface area is 92.2 Å². The number of carboxylic acids is 1. The van der Waals surface area contributed by atoms with E-state index in [0.717, 1.165) is 16.7 Å². The van der Waals surface area contributed by atoms with Crippen molar-refractivity contribution in [2.45, 2.75) is 6.18 Å². The van der Waals surface area contributed by atoms with E-state index in [1.54, 1.807) is 12.1 Å². The van der Waals surface area contributed by atoms with Gasteiger partial charge < -0.3 is 10.8 Å². The summed E-state index contributed by atoms with van der Waals surface area (Å²) < 4.78 is 31.7. The first-order valence-corrected chi connectivity index (χ1v) is 4.17. The molecule has 0 unspecified atom stereocenters. The minimum absolute atomic E-state index is 0.721. The van der Waals surface area contributed by atoms with E-state index in [1.165, 1.54) is 0 Å². The van der Waals surface area contributed by atoms with E-state index in [-0.39, 0.29) is 0 Å². The fourth-order valence-corrected chi connectivity index (χ4v) is 0.863. The highest BCUT2D eigenvalue weighted by atomic mass is 19.4. The molecule has 0 aliphatic rings. The van der Waals surface area contributed by atoms with Crippen LogP contribution >= 0.6 is 0 Å². The standard InChI is InChI=1S/C6H6N4.C2HF3O2/c7-4-1-2-5-6(3-4)9-10-8-5;3-2(4,5)1(6)7/h1-3H,7H2,(H,8,9,10);(H,6,7). The summed E-state index contributed by atoms with van der Waals surface area (Å²) in [6, 6.07) is 5.42. The number of halogens is 3. The number of nitrogens with zero attached hydrogens (tertiary/aromatic N) is 2. The molecule has 0 bridgehead atoms. The highest BCUT2D eigenvalue weighted by Crippen LogP contribution is 2.13. The first kappa shape index (κ1) is 12.7. The molecule has 0 radical (unpaired) electrons. The molecule has 0 aliphatic heterocycles. The maximum Gasteiger partial charge on any atom is 0.490 e. The van der Waals surface area contributed by atoms with Crippen LogP contribution in [0.15, 0.2) is 18.2 Å². The lowest BCUT2D eigenvalue weighted by molar-refractivity contribution is -0.192. The maximum atomic E-state index is 10.6. The van der Waals surface area contributed by atoms with Crippen LogP contribution in [0.2, 0.25) is 0 Å². The molecule has 0 fully saturated rings. The number of aromatic amines is 1. The van der Waals surface area contributed by atoms with Crippen LogP contribution in [0.1, 0.15) is 0 Å². The molecule has 0 aliphatic carbocycles. The Morgan fingerprint density at radius 1 is 1.41 bits per heavy atom. The smallest absolute Gasteiger partial charge is 0.475 e. The number of H-pyrrole nitrogens is 1. The molecule has 2 rings (SSSR count). The van der Waals surface area contributed by atoms with Gasteiger partial charge in [0.25, 0.3) is 0 Å². The maximum absolute atomic E-state index is 10.6. The normalized spacial score (nSPS) is 10.8. The number of anilines is 1. The third kappa shape index (κ3) is 3.63. The molecular formula is C8H7F3N4O2. The van der Waals surface area contributed by atoms with Crippen molar-refractivity contribution < 1.29 is 23.1 Å². The molecular weight excluding hydrogens is 241 g/mol. The van der Waals surface area contributed by atoms with Gasteiger partial charge in [-0.3, -0.25) is 5.10 Å². The van der Waals surface area contributed by atoms with Crippen LogP contribution in [0.4, 0.5) is 18.9 Å².